The van der Waals surface area contributed by atoms with Crippen molar-refractivity contribution in [2.45, 2.75) is 65.8 Å². The first kappa shape index (κ1) is 28.7. The first-order valence-electron chi connectivity index (χ1n) is 14.3. The van der Waals surface area contributed by atoms with Crippen molar-refractivity contribution >= 4 is 5.91 Å². The number of hydroxylamine groups is 1. The van der Waals surface area contributed by atoms with Crippen LogP contribution in [0.2, 0.25) is 0 Å². The molecule has 0 saturated carbocycles. The van der Waals surface area contributed by atoms with Gasteiger partial charge in [0.2, 0.25) is 0 Å². The van der Waals surface area contributed by atoms with Crippen molar-refractivity contribution < 1.29 is 10.0 Å². The molecule has 0 bridgehead atoms. The summed E-state index contributed by atoms with van der Waals surface area (Å²) >= 11 is 0. The molecule has 38 heavy (non-hydrogen) atoms. The standard InChI is InChI=1S/C31H47N5O2/c1-24(2)12-13-33-14-16-34(17-15-33)22-28-6-5-7-29(18-28)23-36-25(3)19-35(20-26(36)4)21-27-8-10-30(11-9-27)31(37)32-38/h5-11,18,24-26,38H,12-17,19-23H2,1-4H3,(H,32,37). The predicted octanol–water partition coefficient (Wildman–Crippen LogP) is 4.06. The van der Waals surface area contributed by atoms with Crippen molar-refractivity contribution in [1.82, 2.24) is 25.1 Å². The Morgan fingerprint density at radius 2 is 1.42 bits per heavy atom. The van der Waals surface area contributed by atoms with E-state index in [2.05, 4.69) is 71.6 Å². The molecule has 0 aliphatic carbocycles. The van der Waals surface area contributed by atoms with Gasteiger partial charge in [-0.25, -0.2) is 5.48 Å². The summed E-state index contributed by atoms with van der Waals surface area (Å²) in [5.74, 6) is 0.307. The van der Waals surface area contributed by atoms with E-state index in [1.54, 1.807) is 17.6 Å². The fraction of sp³-hybridized carbons (Fsp3) is 0.581. The van der Waals surface area contributed by atoms with Gasteiger partial charge < -0.3 is 4.90 Å². The van der Waals surface area contributed by atoms with Crippen molar-refractivity contribution in [3.8, 4) is 0 Å². The number of nitrogens with one attached hydrogen (secondary N) is 1. The van der Waals surface area contributed by atoms with Crippen LogP contribution >= 0.6 is 0 Å². The summed E-state index contributed by atoms with van der Waals surface area (Å²) in [4.78, 5) is 22.0. The minimum absolute atomic E-state index is 0.459. The molecule has 2 aliphatic rings. The number of nitrogens with zero attached hydrogens (tertiary/aromatic N) is 4. The van der Waals surface area contributed by atoms with E-state index < -0.39 is 5.91 Å². The van der Waals surface area contributed by atoms with E-state index in [0.29, 0.717) is 17.6 Å². The number of hydrogen-bond donors (Lipinski definition) is 2. The third-order valence-corrected chi connectivity index (χ3v) is 8.15. The molecular formula is C31H47N5O2. The molecule has 2 unspecified atom stereocenters. The Labute approximate surface area is 229 Å². The lowest BCUT2D eigenvalue weighted by molar-refractivity contribution is 0.0290. The Morgan fingerprint density at radius 1 is 0.842 bits per heavy atom. The quantitative estimate of drug-likeness (QED) is 0.363. The number of carbonyl (C=O) groups is 1. The van der Waals surface area contributed by atoms with Gasteiger partial charge in [0.15, 0.2) is 0 Å². The molecule has 2 aromatic rings. The molecule has 2 N–H and O–H groups in total. The van der Waals surface area contributed by atoms with E-state index in [1.807, 2.05) is 12.1 Å². The third-order valence-electron chi connectivity index (χ3n) is 8.15. The largest absolute Gasteiger partial charge is 0.301 e. The maximum absolute atomic E-state index is 11.6. The molecule has 7 nitrogen and oxygen atoms in total. The van der Waals surface area contributed by atoms with Crippen molar-refractivity contribution in [2.75, 3.05) is 45.8 Å². The van der Waals surface area contributed by atoms with Crippen molar-refractivity contribution in [3.63, 3.8) is 0 Å². The number of rotatable bonds is 10. The van der Waals surface area contributed by atoms with Crippen molar-refractivity contribution in [3.05, 3.63) is 70.8 Å². The highest BCUT2D eigenvalue weighted by Crippen LogP contribution is 2.22. The fourth-order valence-electron chi connectivity index (χ4n) is 5.90. The molecule has 2 atom stereocenters. The van der Waals surface area contributed by atoms with Crippen LogP contribution in [0.25, 0.3) is 0 Å². The van der Waals surface area contributed by atoms with Crippen molar-refractivity contribution in [1.29, 1.82) is 0 Å². The van der Waals surface area contributed by atoms with Crippen LogP contribution in [-0.4, -0.2) is 88.6 Å². The Hall–Kier alpha value is -2.29. The first-order valence-corrected chi connectivity index (χ1v) is 14.3. The Morgan fingerprint density at radius 3 is 2.03 bits per heavy atom. The van der Waals surface area contributed by atoms with E-state index in [0.717, 1.165) is 51.7 Å². The van der Waals surface area contributed by atoms with E-state index in [1.165, 1.54) is 42.7 Å². The SMILES string of the molecule is CC(C)CCN1CCN(Cc2cccc(CN3C(C)CN(Cc4ccc(C(=O)NO)cc4)CC3C)c2)CC1. The minimum atomic E-state index is -0.476. The van der Waals surface area contributed by atoms with Gasteiger partial charge >= 0.3 is 0 Å². The van der Waals surface area contributed by atoms with Crippen LogP contribution in [0, 0.1) is 5.92 Å². The molecule has 2 saturated heterocycles. The molecular weight excluding hydrogens is 474 g/mol. The average Bonchev–Trinajstić information content (AvgIpc) is 2.90. The van der Waals surface area contributed by atoms with Crippen LogP contribution in [0.3, 0.4) is 0 Å². The maximum atomic E-state index is 11.6. The molecule has 7 heteroatoms. The molecule has 0 radical (unpaired) electrons. The molecule has 208 valence electrons. The Kier molecular flexibility index (Phi) is 10.3. The Balaban J connectivity index is 1.26. The van der Waals surface area contributed by atoms with Crippen LogP contribution in [0.4, 0.5) is 0 Å². The summed E-state index contributed by atoms with van der Waals surface area (Å²) in [5.41, 5.74) is 6.17. The van der Waals surface area contributed by atoms with Gasteiger partial charge in [0.1, 0.15) is 0 Å². The van der Waals surface area contributed by atoms with Gasteiger partial charge in [0, 0.05) is 76.5 Å². The van der Waals surface area contributed by atoms with Crippen molar-refractivity contribution in [2.24, 2.45) is 5.92 Å². The third kappa shape index (κ3) is 8.10. The van der Waals surface area contributed by atoms with E-state index in [-0.39, 0.29) is 0 Å². The summed E-state index contributed by atoms with van der Waals surface area (Å²) in [6.45, 7) is 20.2. The lowest BCUT2D eigenvalue weighted by Crippen LogP contribution is -2.55. The predicted molar refractivity (Wildman–Crippen MR) is 153 cm³/mol. The van der Waals surface area contributed by atoms with Crippen LogP contribution in [0.5, 0.6) is 0 Å². The molecule has 2 aliphatic heterocycles. The van der Waals surface area contributed by atoms with Crippen LogP contribution in [0.1, 0.15) is 61.2 Å². The number of hydrogen-bond acceptors (Lipinski definition) is 6. The van der Waals surface area contributed by atoms with Gasteiger partial charge in [-0.15, -0.1) is 0 Å². The monoisotopic (exact) mass is 521 g/mol. The summed E-state index contributed by atoms with van der Waals surface area (Å²) in [6, 6.07) is 17.6. The zero-order valence-electron chi connectivity index (χ0n) is 23.8. The van der Waals surface area contributed by atoms with E-state index in [4.69, 9.17) is 5.21 Å². The van der Waals surface area contributed by atoms with Gasteiger partial charge in [0.25, 0.3) is 5.91 Å². The second-order valence-corrected chi connectivity index (χ2v) is 11.8. The first-order chi connectivity index (χ1) is 18.3. The average molecular weight is 522 g/mol. The van der Waals surface area contributed by atoms with Crippen LogP contribution < -0.4 is 5.48 Å². The summed E-state index contributed by atoms with van der Waals surface area (Å²) < 4.78 is 0. The zero-order valence-corrected chi connectivity index (χ0v) is 23.8. The number of carbonyl (C=O) groups excluding carboxylic acids is 1. The lowest BCUT2D eigenvalue weighted by atomic mass is 10.0. The smallest absolute Gasteiger partial charge is 0.274 e. The highest BCUT2D eigenvalue weighted by atomic mass is 16.5. The molecule has 1 amide bonds. The summed E-state index contributed by atoms with van der Waals surface area (Å²) in [6.07, 6.45) is 1.30. The van der Waals surface area contributed by atoms with Gasteiger partial charge in [0.05, 0.1) is 0 Å². The normalized spacial score (nSPS) is 22.2. The molecule has 2 aromatic carbocycles. The molecule has 4 rings (SSSR count). The van der Waals surface area contributed by atoms with Crippen LogP contribution in [0.15, 0.2) is 48.5 Å². The number of benzene rings is 2. The lowest BCUT2D eigenvalue weighted by Gasteiger charge is -2.44. The van der Waals surface area contributed by atoms with E-state index >= 15 is 0 Å². The number of amides is 1. The fourth-order valence-corrected chi connectivity index (χ4v) is 5.90. The molecule has 2 fully saturated rings. The number of piperazine rings is 2. The highest BCUT2D eigenvalue weighted by Gasteiger charge is 2.29. The highest BCUT2D eigenvalue weighted by molar-refractivity contribution is 5.93. The van der Waals surface area contributed by atoms with E-state index in [9.17, 15) is 4.79 Å². The topological polar surface area (TPSA) is 62.3 Å². The maximum Gasteiger partial charge on any atom is 0.274 e. The van der Waals surface area contributed by atoms with Gasteiger partial charge in [-0.2, -0.15) is 0 Å². The molecule has 2 heterocycles. The van der Waals surface area contributed by atoms with Gasteiger partial charge in [-0.05, 0) is 61.6 Å². The van der Waals surface area contributed by atoms with Crippen LogP contribution in [-0.2, 0) is 19.6 Å². The Bertz CT molecular complexity index is 1010. The van der Waals surface area contributed by atoms with Gasteiger partial charge in [-0.1, -0.05) is 50.2 Å². The molecule has 0 spiro atoms. The second-order valence-electron chi connectivity index (χ2n) is 11.8. The summed E-state index contributed by atoms with van der Waals surface area (Å²) in [7, 11) is 0. The summed E-state index contributed by atoms with van der Waals surface area (Å²) in [5, 5.41) is 8.82. The zero-order chi connectivity index (χ0) is 27.1. The minimum Gasteiger partial charge on any atom is -0.301 e. The van der Waals surface area contributed by atoms with Gasteiger partial charge in [-0.3, -0.25) is 24.7 Å². The second kappa shape index (κ2) is 13.7. The molecule has 0 aromatic heterocycles.